The number of ether oxygens (including phenoxy) is 2. The summed E-state index contributed by atoms with van der Waals surface area (Å²) in [6, 6.07) is -0.373. The molecular formula is C11H17NO6. The van der Waals surface area contributed by atoms with E-state index in [0.29, 0.717) is 0 Å². The van der Waals surface area contributed by atoms with Gasteiger partial charge in [0.15, 0.2) is 12.2 Å². The first-order valence-corrected chi connectivity index (χ1v) is 5.61. The Morgan fingerprint density at radius 3 is 2.00 bits per heavy atom. The van der Waals surface area contributed by atoms with Crippen molar-refractivity contribution in [3.8, 4) is 0 Å². The predicted molar refractivity (Wildman–Crippen MR) is 59.0 cm³/mol. The second-order valence-electron chi connectivity index (χ2n) is 4.15. The molecule has 0 saturated carbocycles. The molecule has 0 amide bonds. The third kappa shape index (κ3) is 3.69. The Kier molecular flexibility index (Phi) is 4.66. The van der Waals surface area contributed by atoms with Gasteiger partial charge in [0.25, 0.3) is 0 Å². The lowest BCUT2D eigenvalue weighted by Gasteiger charge is -2.22. The SMILES string of the molecule is CC(=O)O[C@H]1[C@@H](C)N(OC(C)=O)C[C@H]1OC(C)=O. The summed E-state index contributed by atoms with van der Waals surface area (Å²) in [6.45, 7) is 5.71. The Morgan fingerprint density at radius 2 is 1.56 bits per heavy atom. The Morgan fingerprint density at radius 1 is 1.00 bits per heavy atom. The molecular weight excluding hydrogens is 242 g/mol. The minimum absolute atomic E-state index is 0.179. The van der Waals surface area contributed by atoms with E-state index in [2.05, 4.69) is 0 Å². The predicted octanol–water partition coefficient (Wildman–Crippen LogP) is 0.0320. The van der Waals surface area contributed by atoms with Gasteiger partial charge in [-0.05, 0) is 6.92 Å². The van der Waals surface area contributed by atoms with Crippen LogP contribution in [-0.2, 0) is 28.7 Å². The topological polar surface area (TPSA) is 82.1 Å². The van der Waals surface area contributed by atoms with Gasteiger partial charge in [-0.15, -0.1) is 5.06 Å². The van der Waals surface area contributed by atoms with E-state index in [1.807, 2.05) is 0 Å². The van der Waals surface area contributed by atoms with Crippen LogP contribution in [0.2, 0.25) is 0 Å². The zero-order valence-electron chi connectivity index (χ0n) is 10.8. The van der Waals surface area contributed by atoms with E-state index in [-0.39, 0.29) is 12.6 Å². The van der Waals surface area contributed by atoms with Crippen LogP contribution in [0.15, 0.2) is 0 Å². The fraction of sp³-hybridized carbons (Fsp3) is 0.727. The van der Waals surface area contributed by atoms with Gasteiger partial charge >= 0.3 is 17.9 Å². The van der Waals surface area contributed by atoms with Crippen molar-refractivity contribution >= 4 is 17.9 Å². The van der Waals surface area contributed by atoms with Crippen LogP contribution >= 0.6 is 0 Å². The van der Waals surface area contributed by atoms with Crippen molar-refractivity contribution in [1.82, 2.24) is 5.06 Å². The van der Waals surface area contributed by atoms with Crippen LogP contribution in [-0.4, -0.2) is 47.8 Å². The lowest BCUT2D eigenvalue weighted by molar-refractivity contribution is -0.194. The molecule has 0 N–H and O–H groups in total. The highest BCUT2D eigenvalue weighted by atomic mass is 16.7. The van der Waals surface area contributed by atoms with Crippen molar-refractivity contribution in [2.24, 2.45) is 0 Å². The molecule has 1 heterocycles. The number of carbonyl (C=O) groups is 3. The fourth-order valence-corrected chi connectivity index (χ4v) is 1.89. The Bertz CT molecular complexity index is 355. The molecule has 0 radical (unpaired) electrons. The van der Waals surface area contributed by atoms with E-state index >= 15 is 0 Å². The molecule has 1 saturated heterocycles. The average Bonchev–Trinajstić information content (AvgIpc) is 2.44. The molecule has 18 heavy (non-hydrogen) atoms. The molecule has 0 bridgehead atoms. The zero-order chi connectivity index (χ0) is 13.9. The molecule has 0 aliphatic carbocycles. The number of carbonyl (C=O) groups excluding carboxylic acids is 3. The van der Waals surface area contributed by atoms with Crippen molar-refractivity contribution in [2.45, 2.75) is 45.9 Å². The van der Waals surface area contributed by atoms with Crippen LogP contribution in [0.25, 0.3) is 0 Å². The average molecular weight is 259 g/mol. The largest absolute Gasteiger partial charge is 0.457 e. The van der Waals surface area contributed by atoms with Crippen molar-refractivity contribution in [3.05, 3.63) is 0 Å². The summed E-state index contributed by atoms with van der Waals surface area (Å²) in [7, 11) is 0. The van der Waals surface area contributed by atoms with E-state index in [1.165, 1.54) is 25.8 Å². The molecule has 1 fully saturated rings. The van der Waals surface area contributed by atoms with E-state index in [1.54, 1.807) is 6.92 Å². The van der Waals surface area contributed by atoms with Gasteiger partial charge in [-0.25, -0.2) is 0 Å². The molecule has 0 aromatic heterocycles. The minimum Gasteiger partial charge on any atom is -0.457 e. The third-order valence-corrected chi connectivity index (χ3v) is 2.52. The first kappa shape index (κ1) is 14.4. The van der Waals surface area contributed by atoms with Gasteiger partial charge in [0.2, 0.25) is 0 Å². The summed E-state index contributed by atoms with van der Waals surface area (Å²) >= 11 is 0. The molecule has 3 atom stereocenters. The van der Waals surface area contributed by atoms with Gasteiger partial charge in [-0.1, -0.05) is 0 Å². The number of rotatable bonds is 3. The zero-order valence-corrected chi connectivity index (χ0v) is 10.8. The van der Waals surface area contributed by atoms with Crippen molar-refractivity contribution < 1.29 is 28.7 Å². The van der Waals surface area contributed by atoms with Gasteiger partial charge in [0.1, 0.15) is 0 Å². The van der Waals surface area contributed by atoms with Crippen LogP contribution in [0.1, 0.15) is 27.7 Å². The number of hydrogen-bond donors (Lipinski definition) is 0. The second-order valence-corrected chi connectivity index (χ2v) is 4.15. The summed E-state index contributed by atoms with van der Waals surface area (Å²) in [5.74, 6) is -1.44. The summed E-state index contributed by atoms with van der Waals surface area (Å²) < 4.78 is 10.2. The molecule has 1 aliphatic heterocycles. The third-order valence-electron chi connectivity index (χ3n) is 2.52. The molecule has 1 rings (SSSR count). The molecule has 0 aromatic carbocycles. The molecule has 1 aliphatic rings. The molecule has 7 nitrogen and oxygen atoms in total. The quantitative estimate of drug-likeness (QED) is 0.661. The van der Waals surface area contributed by atoms with Crippen LogP contribution < -0.4 is 0 Å². The van der Waals surface area contributed by atoms with E-state index < -0.39 is 30.1 Å². The lowest BCUT2D eigenvalue weighted by Crippen LogP contribution is -2.38. The molecule has 102 valence electrons. The molecule has 0 aromatic rings. The highest BCUT2D eigenvalue weighted by molar-refractivity contribution is 5.68. The first-order chi connectivity index (χ1) is 8.31. The van der Waals surface area contributed by atoms with E-state index in [4.69, 9.17) is 14.3 Å². The van der Waals surface area contributed by atoms with Crippen molar-refractivity contribution in [2.75, 3.05) is 6.54 Å². The minimum atomic E-state index is -0.647. The van der Waals surface area contributed by atoms with Gasteiger partial charge in [0.05, 0.1) is 12.6 Å². The Labute approximate surface area is 105 Å². The van der Waals surface area contributed by atoms with E-state index in [0.717, 1.165) is 0 Å². The van der Waals surface area contributed by atoms with Gasteiger partial charge in [-0.2, -0.15) is 0 Å². The normalized spacial score (nSPS) is 27.7. The summed E-state index contributed by atoms with van der Waals surface area (Å²) in [5, 5.41) is 1.35. The number of hydroxylamine groups is 2. The maximum Gasteiger partial charge on any atom is 0.322 e. The van der Waals surface area contributed by atoms with Crippen LogP contribution in [0.4, 0.5) is 0 Å². The van der Waals surface area contributed by atoms with Crippen molar-refractivity contribution in [3.63, 3.8) is 0 Å². The maximum absolute atomic E-state index is 11.0. The summed E-state index contributed by atoms with van der Waals surface area (Å²) in [5.41, 5.74) is 0. The second kappa shape index (κ2) is 5.81. The smallest absolute Gasteiger partial charge is 0.322 e. The molecule has 7 heteroatoms. The van der Waals surface area contributed by atoms with E-state index in [9.17, 15) is 14.4 Å². The number of hydrogen-bond acceptors (Lipinski definition) is 7. The fourth-order valence-electron chi connectivity index (χ4n) is 1.89. The molecule has 0 spiro atoms. The van der Waals surface area contributed by atoms with Gasteiger partial charge in [-0.3, -0.25) is 14.4 Å². The summed E-state index contributed by atoms with van der Waals surface area (Å²) in [4.78, 5) is 37.9. The first-order valence-electron chi connectivity index (χ1n) is 5.61. The van der Waals surface area contributed by atoms with Crippen LogP contribution in [0.5, 0.6) is 0 Å². The monoisotopic (exact) mass is 259 g/mol. The molecule has 0 unspecified atom stereocenters. The Hall–Kier alpha value is -1.63. The standard InChI is InChI=1S/C11H17NO6/c1-6-11(17-8(3)14)10(16-7(2)13)5-12(6)18-9(4)15/h6,10-11H,5H2,1-4H3/t6-,10-,11+/m1/s1. The number of esters is 2. The lowest BCUT2D eigenvalue weighted by atomic mass is 10.1. The van der Waals surface area contributed by atoms with Gasteiger partial charge in [0, 0.05) is 20.8 Å². The number of nitrogens with zero attached hydrogens (tertiary/aromatic N) is 1. The summed E-state index contributed by atoms with van der Waals surface area (Å²) in [6.07, 6.45) is -1.29. The highest BCUT2D eigenvalue weighted by Gasteiger charge is 2.45. The van der Waals surface area contributed by atoms with Crippen molar-refractivity contribution in [1.29, 1.82) is 0 Å². The maximum atomic E-state index is 11.0. The highest BCUT2D eigenvalue weighted by Crippen LogP contribution is 2.24. The van der Waals surface area contributed by atoms with Crippen LogP contribution in [0.3, 0.4) is 0 Å². The van der Waals surface area contributed by atoms with Gasteiger partial charge < -0.3 is 14.3 Å². The Balaban J connectivity index is 2.77. The van der Waals surface area contributed by atoms with Crippen LogP contribution in [0, 0.1) is 0 Å².